The van der Waals surface area contributed by atoms with Crippen molar-refractivity contribution in [1.82, 2.24) is 19.5 Å². The molecule has 0 spiro atoms. The Bertz CT molecular complexity index is 1550. The number of aromatic amines is 1. The first-order valence-corrected chi connectivity index (χ1v) is 11.9. The number of carbonyl (C=O) groups is 1. The number of hydrogen-bond acceptors (Lipinski definition) is 7. The molecule has 0 bridgehead atoms. The number of aromatic nitrogens is 4. The van der Waals surface area contributed by atoms with E-state index in [1.165, 1.54) is 27.7 Å². The average Bonchev–Trinajstić information content (AvgIpc) is 3.41. The fourth-order valence-electron chi connectivity index (χ4n) is 3.56. The molecule has 5 rings (SSSR count). The number of methoxy groups -OCH3 is 1. The Kier molecular flexibility index (Phi) is 5.61. The number of para-hydroxylation sites is 3. The Balaban J connectivity index is 1.61. The van der Waals surface area contributed by atoms with Crippen molar-refractivity contribution in [2.75, 3.05) is 18.2 Å². The zero-order chi connectivity index (χ0) is 22.9. The number of carbonyl (C=O) groups excluding carboxylic acids is 1. The van der Waals surface area contributed by atoms with Crippen molar-refractivity contribution < 1.29 is 9.53 Å². The first-order valence-electron chi connectivity index (χ1n) is 10.1. The molecule has 1 amide bonds. The van der Waals surface area contributed by atoms with Gasteiger partial charge in [0.2, 0.25) is 5.91 Å². The lowest BCUT2D eigenvalue weighted by atomic mass is 10.2. The van der Waals surface area contributed by atoms with Crippen LogP contribution in [-0.4, -0.2) is 38.3 Å². The molecule has 0 saturated heterocycles. The van der Waals surface area contributed by atoms with Crippen LogP contribution < -0.4 is 15.6 Å². The Morgan fingerprint density at radius 2 is 1.97 bits per heavy atom. The van der Waals surface area contributed by atoms with Gasteiger partial charge in [-0.3, -0.25) is 9.59 Å². The van der Waals surface area contributed by atoms with E-state index in [4.69, 9.17) is 9.72 Å². The molecule has 3 heterocycles. The Labute approximate surface area is 196 Å². The Hall–Kier alpha value is -3.63. The van der Waals surface area contributed by atoms with E-state index in [9.17, 15) is 9.59 Å². The summed E-state index contributed by atoms with van der Waals surface area (Å²) in [6.07, 6.45) is 0. The molecule has 0 aliphatic carbocycles. The fraction of sp³-hybridized carbons (Fsp3) is 0.130. The molecule has 166 valence electrons. The minimum atomic E-state index is -0.265. The van der Waals surface area contributed by atoms with E-state index < -0.39 is 0 Å². The standard InChI is InChI=1S/C23H19N5O3S2/c1-13-11-32-22(24-13)26-18(29)12-33-23-27-19-14-7-3-4-8-15(14)25-20(19)21(30)28(23)16-9-5-6-10-17(16)31-2/h3-11,25H,12H2,1-2H3,(H,24,26,29). The van der Waals surface area contributed by atoms with E-state index in [0.717, 1.165) is 16.6 Å². The summed E-state index contributed by atoms with van der Waals surface area (Å²) >= 11 is 2.55. The molecule has 33 heavy (non-hydrogen) atoms. The lowest BCUT2D eigenvalue weighted by Gasteiger charge is -2.14. The van der Waals surface area contributed by atoms with Crippen LogP contribution in [0.2, 0.25) is 0 Å². The predicted octanol–water partition coefficient (Wildman–Crippen LogP) is 4.37. The van der Waals surface area contributed by atoms with Gasteiger partial charge in [-0.2, -0.15) is 0 Å². The van der Waals surface area contributed by atoms with Crippen LogP contribution in [0.25, 0.3) is 27.6 Å². The molecule has 5 aromatic rings. The SMILES string of the molecule is COc1ccccc1-n1c(SCC(=O)Nc2nc(C)cs2)nc2c([nH]c3ccccc32)c1=O. The Morgan fingerprint density at radius 1 is 1.18 bits per heavy atom. The first kappa shape index (κ1) is 21.2. The maximum absolute atomic E-state index is 13.6. The molecule has 2 N–H and O–H groups in total. The largest absolute Gasteiger partial charge is 0.495 e. The number of thioether (sulfide) groups is 1. The minimum Gasteiger partial charge on any atom is -0.495 e. The van der Waals surface area contributed by atoms with Gasteiger partial charge in [-0.05, 0) is 25.1 Å². The summed E-state index contributed by atoms with van der Waals surface area (Å²) in [5.41, 5.74) is 2.92. The van der Waals surface area contributed by atoms with Crippen molar-refractivity contribution in [2.45, 2.75) is 12.1 Å². The van der Waals surface area contributed by atoms with E-state index in [1.54, 1.807) is 19.2 Å². The summed E-state index contributed by atoms with van der Waals surface area (Å²) in [6, 6.07) is 14.8. The van der Waals surface area contributed by atoms with E-state index in [2.05, 4.69) is 15.3 Å². The maximum Gasteiger partial charge on any atom is 0.283 e. The van der Waals surface area contributed by atoms with Gasteiger partial charge in [-0.15, -0.1) is 11.3 Å². The smallest absolute Gasteiger partial charge is 0.283 e. The lowest BCUT2D eigenvalue weighted by Crippen LogP contribution is -2.23. The van der Waals surface area contributed by atoms with Gasteiger partial charge in [0.1, 0.15) is 16.8 Å². The summed E-state index contributed by atoms with van der Waals surface area (Å²) < 4.78 is 6.98. The number of benzene rings is 2. The van der Waals surface area contributed by atoms with Crippen LogP contribution in [0.1, 0.15) is 5.69 Å². The van der Waals surface area contributed by atoms with Crippen LogP contribution in [0.4, 0.5) is 5.13 Å². The van der Waals surface area contributed by atoms with Crippen LogP contribution in [0, 0.1) is 6.92 Å². The highest BCUT2D eigenvalue weighted by molar-refractivity contribution is 7.99. The number of ether oxygens (including phenoxy) is 1. The summed E-state index contributed by atoms with van der Waals surface area (Å²) in [4.78, 5) is 38.5. The Morgan fingerprint density at radius 3 is 2.76 bits per heavy atom. The molecule has 10 heteroatoms. The third-order valence-electron chi connectivity index (χ3n) is 5.02. The van der Waals surface area contributed by atoms with E-state index in [1.807, 2.05) is 48.7 Å². The van der Waals surface area contributed by atoms with Crippen LogP contribution in [0.3, 0.4) is 0 Å². The van der Waals surface area contributed by atoms with Gasteiger partial charge in [-0.1, -0.05) is 42.1 Å². The third-order valence-corrected chi connectivity index (χ3v) is 6.83. The summed E-state index contributed by atoms with van der Waals surface area (Å²) in [5, 5.41) is 6.45. The zero-order valence-corrected chi connectivity index (χ0v) is 19.4. The van der Waals surface area contributed by atoms with Gasteiger partial charge >= 0.3 is 0 Å². The van der Waals surface area contributed by atoms with Crippen LogP contribution >= 0.6 is 23.1 Å². The van der Waals surface area contributed by atoms with Gasteiger partial charge in [0.15, 0.2) is 10.3 Å². The second-order valence-corrected chi connectivity index (χ2v) is 9.03. The highest BCUT2D eigenvalue weighted by Gasteiger charge is 2.20. The minimum absolute atomic E-state index is 0.0636. The number of nitrogens with zero attached hydrogens (tertiary/aromatic N) is 3. The average molecular weight is 478 g/mol. The topological polar surface area (TPSA) is 102 Å². The van der Waals surface area contributed by atoms with Gasteiger partial charge in [-0.25, -0.2) is 14.5 Å². The molecular formula is C23H19N5O3S2. The van der Waals surface area contributed by atoms with Crippen LogP contribution in [0.5, 0.6) is 5.75 Å². The lowest BCUT2D eigenvalue weighted by molar-refractivity contribution is -0.113. The van der Waals surface area contributed by atoms with Gasteiger partial charge in [0.25, 0.3) is 5.56 Å². The fourth-order valence-corrected chi connectivity index (χ4v) is 5.07. The number of amides is 1. The van der Waals surface area contributed by atoms with E-state index in [-0.39, 0.29) is 17.2 Å². The van der Waals surface area contributed by atoms with Crippen molar-refractivity contribution >= 4 is 56.1 Å². The second-order valence-electron chi connectivity index (χ2n) is 7.23. The van der Waals surface area contributed by atoms with Crippen molar-refractivity contribution in [1.29, 1.82) is 0 Å². The molecule has 0 aliphatic heterocycles. The number of fused-ring (bicyclic) bond motifs is 3. The van der Waals surface area contributed by atoms with Crippen molar-refractivity contribution in [3.8, 4) is 11.4 Å². The molecule has 0 unspecified atom stereocenters. The summed E-state index contributed by atoms with van der Waals surface area (Å²) in [7, 11) is 1.55. The molecule has 3 aromatic heterocycles. The predicted molar refractivity (Wildman–Crippen MR) is 132 cm³/mol. The number of hydrogen-bond donors (Lipinski definition) is 2. The molecule has 0 aliphatic rings. The normalized spacial score (nSPS) is 11.2. The summed E-state index contributed by atoms with van der Waals surface area (Å²) in [5.74, 6) is 0.365. The highest BCUT2D eigenvalue weighted by atomic mass is 32.2. The molecule has 0 atom stereocenters. The number of rotatable bonds is 6. The number of anilines is 1. The highest BCUT2D eigenvalue weighted by Crippen LogP contribution is 2.29. The van der Waals surface area contributed by atoms with Gasteiger partial charge in [0, 0.05) is 16.3 Å². The van der Waals surface area contributed by atoms with Crippen molar-refractivity contribution in [3.05, 3.63) is 70.0 Å². The van der Waals surface area contributed by atoms with Gasteiger partial charge < -0.3 is 15.0 Å². The van der Waals surface area contributed by atoms with Gasteiger partial charge in [0.05, 0.1) is 24.2 Å². The monoisotopic (exact) mass is 477 g/mol. The number of aryl methyl sites for hydroxylation is 1. The zero-order valence-electron chi connectivity index (χ0n) is 17.8. The summed E-state index contributed by atoms with van der Waals surface area (Å²) in [6.45, 7) is 1.87. The van der Waals surface area contributed by atoms with E-state index in [0.29, 0.717) is 32.8 Å². The molecular weight excluding hydrogens is 458 g/mol. The quantitative estimate of drug-likeness (QED) is 0.278. The molecule has 0 radical (unpaired) electrons. The molecule has 2 aromatic carbocycles. The molecule has 0 saturated carbocycles. The van der Waals surface area contributed by atoms with E-state index >= 15 is 0 Å². The second kappa shape index (κ2) is 8.72. The maximum atomic E-state index is 13.6. The number of nitrogens with one attached hydrogen (secondary N) is 2. The number of H-pyrrole nitrogens is 1. The van der Waals surface area contributed by atoms with Crippen LogP contribution in [-0.2, 0) is 4.79 Å². The first-order chi connectivity index (χ1) is 16.0. The molecule has 8 nitrogen and oxygen atoms in total. The van der Waals surface area contributed by atoms with Crippen molar-refractivity contribution in [2.24, 2.45) is 0 Å². The van der Waals surface area contributed by atoms with Crippen molar-refractivity contribution in [3.63, 3.8) is 0 Å². The molecule has 0 fully saturated rings. The third kappa shape index (κ3) is 3.98. The number of thiazole rings is 1. The van der Waals surface area contributed by atoms with Crippen LogP contribution in [0.15, 0.2) is 63.9 Å².